The Morgan fingerprint density at radius 2 is 1.70 bits per heavy atom. The molecule has 0 saturated carbocycles. The smallest absolute Gasteiger partial charge is 0.243 e. The lowest BCUT2D eigenvalue weighted by Gasteiger charge is -2.22. The van der Waals surface area contributed by atoms with Crippen LogP contribution in [0.5, 0.6) is 5.75 Å². The van der Waals surface area contributed by atoms with Gasteiger partial charge in [-0.05, 0) is 35.1 Å². The Labute approximate surface area is 129 Å². The van der Waals surface area contributed by atoms with E-state index >= 15 is 0 Å². The van der Waals surface area contributed by atoms with E-state index in [-0.39, 0.29) is 17.7 Å². The zero-order valence-corrected chi connectivity index (χ0v) is 13.8. The molecule has 108 valence electrons. The summed E-state index contributed by atoms with van der Waals surface area (Å²) in [5, 5.41) is 10.4. The number of benzene rings is 1. The number of amides is 1. The fraction of sp³-hybridized carbons (Fsp3) is 0.467. The molecule has 0 atom stereocenters. The fourth-order valence-electron chi connectivity index (χ4n) is 2.28. The standard InChI is InChI=1S/C15H19NO2S2/c1-8(2)11-5-10(6-12(9(3)4)14(11)18)16-13(17)7-20-15(16)19/h5-6,8-9,18H,7H2,1-4H3. The molecule has 5 heteroatoms. The predicted molar refractivity (Wildman–Crippen MR) is 88.8 cm³/mol. The Morgan fingerprint density at radius 1 is 1.20 bits per heavy atom. The van der Waals surface area contributed by atoms with E-state index in [2.05, 4.69) is 0 Å². The molecule has 20 heavy (non-hydrogen) atoms. The minimum atomic E-state index is 0.00935. The van der Waals surface area contributed by atoms with E-state index in [4.69, 9.17) is 12.2 Å². The van der Waals surface area contributed by atoms with Crippen molar-refractivity contribution in [2.75, 3.05) is 10.7 Å². The number of hydrogen-bond donors (Lipinski definition) is 1. The monoisotopic (exact) mass is 309 g/mol. The topological polar surface area (TPSA) is 40.5 Å². The van der Waals surface area contributed by atoms with Gasteiger partial charge in [0, 0.05) is 0 Å². The highest BCUT2D eigenvalue weighted by atomic mass is 32.2. The van der Waals surface area contributed by atoms with Crippen LogP contribution < -0.4 is 4.90 Å². The minimum Gasteiger partial charge on any atom is -0.507 e. The van der Waals surface area contributed by atoms with Crippen LogP contribution in [0.1, 0.15) is 50.7 Å². The molecular formula is C15H19NO2S2. The summed E-state index contributed by atoms with van der Waals surface area (Å²) in [7, 11) is 0. The van der Waals surface area contributed by atoms with Crippen molar-refractivity contribution in [1.29, 1.82) is 0 Å². The first-order chi connectivity index (χ1) is 9.32. The van der Waals surface area contributed by atoms with Crippen molar-refractivity contribution in [2.24, 2.45) is 0 Å². The average molecular weight is 309 g/mol. The van der Waals surface area contributed by atoms with Crippen LogP contribution >= 0.6 is 24.0 Å². The van der Waals surface area contributed by atoms with Gasteiger partial charge in [-0.25, -0.2) is 0 Å². The number of phenols is 1. The Morgan fingerprint density at radius 3 is 2.05 bits per heavy atom. The van der Waals surface area contributed by atoms with E-state index < -0.39 is 0 Å². The fourth-order valence-corrected chi connectivity index (χ4v) is 3.37. The molecule has 0 aliphatic carbocycles. The molecule has 1 aliphatic rings. The summed E-state index contributed by atoms with van der Waals surface area (Å²) in [6.45, 7) is 8.12. The van der Waals surface area contributed by atoms with Crippen LogP contribution in [0.15, 0.2) is 12.1 Å². The quantitative estimate of drug-likeness (QED) is 0.857. The summed E-state index contributed by atoms with van der Waals surface area (Å²) in [6.07, 6.45) is 0. The average Bonchev–Trinajstić information content (AvgIpc) is 2.69. The summed E-state index contributed by atoms with van der Waals surface area (Å²) in [5.74, 6) is 1.12. The Kier molecular flexibility index (Phi) is 4.39. The Bertz CT molecular complexity index is 522. The second-order valence-corrected chi connectivity index (χ2v) is 7.18. The molecule has 1 aliphatic heterocycles. The zero-order valence-electron chi connectivity index (χ0n) is 12.1. The summed E-state index contributed by atoms with van der Waals surface area (Å²) in [5.41, 5.74) is 2.49. The molecule has 0 bridgehead atoms. The van der Waals surface area contributed by atoms with Crippen LogP contribution in [0.25, 0.3) is 0 Å². The number of aromatic hydroxyl groups is 1. The molecule has 1 saturated heterocycles. The molecule has 0 aromatic heterocycles. The van der Waals surface area contributed by atoms with Gasteiger partial charge < -0.3 is 5.11 Å². The number of hydrogen-bond acceptors (Lipinski definition) is 4. The number of thioether (sulfide) groups is 1. The van der Waals surface area contributed by atoms with Crippen molar-refractivity contribution >= 4 is 39.9 Å². The van der Waals surface area contributed by atoms with E-state index in [1.54, 1.807) is 4.90 Å². The van der Waals surface area contributed by atoms with Crippen molar-refractivity contribution in [3.05, 3.63) is 23.3 Å². The van der Waals surface area contributed by atoms with Gasteiger partial charge in [0.1, 0.15) is 10.1 Å². The highest BCUT2D eigenvalue weighted by molar-refractivity contribution is 8.24. The first kappa shape index (κ1) is 15.3. The third-order valence-corrected chi connectivity index (χ3v) is 4.76. The largest absolute Gasteiger partial charge is 0.507 e. The van der Waals surface area contributed by atoms with Crippen LogP contribution in [-0.2, 0) is 4.79 Å². The number of anilines is 1. The van der Waals surface area contributed by atoms with Crippen molar-refractivity contribution < 1.29 is 9.90 Å². The first-order valence-corrected chi connectivity index (χ1v) is 8.08. The van der Waals surface area contributed by atoms with Gasteiger partial charge in [0.25, 0.3) is 0 Å². The number of carbonyl (C=O) groups is 1. The lowest BCUT2D eigenvalue weighted by Crippen LogP contribution is -2.28. The van der Waals surface area contributed by atoms with Crippen molar-refractivity contribution in [2.45, 2.75) is 39.5 Å². The van der Waals surface area contributed by atoms with Crippen LogP contribution in [-0.4, -0.2) is 21.1 Å². The second kappa shape index (κ2) is 5.74. The SMILES string of the molecule is CC(C)c1cc(N2C(=O)CSC2=S)cc(C(C)C)c1O. The molecule has 2 rings (SSSR count). The van der Waals surface area contributed by atoms with Gasteiger partial charge in [0.2, 0.25) is 5.91 Å². The lowest BCUT2D eigenvalue weighted by atomic mass is 9.93. The normalized spacial score (nSPS) is 15.8. The van der Waals surface area contributed by atoms with Crippen LogP contribution in [0.3, 0.4) is 0 Å². The molecule has 1 N–H and O–H groups in total. The highest BCUT2D eigenvalue weighted by Gasteiger charge is 2.29. The van der Waals surface area contributed by atoms with Gasteiger partial charge in [-0.2, -0.15) is 0 Å². The number of phenolic OH excluding ortho intramolecular Hbond substituents is 1. The maximum atomic E-state index is 12.0. The van der Waals surface area contributed by atoms with E-state index in [0.717, 1.165) is 16.8 Å². The molecular weight excluding hydrogens is 290 g/mol. The summed E-state index contributed by atoms with van der Waals surface area (Å²) >= 11 is 6.64. The van der Waals surface area contributed by atoms with Gasteiger partial charge in [0.15, 0.2) is 0 Å². The number of carbonyl (C=O) groups excluding carboxylic acids is 1. The molecule has 0 radical (unpaired) electrons. The summed E-state index contributed by atoms with van der Waals surface area (Å²) in [4.78, 5) is 13.6. The molecule has 0 unspecified atom stereocenters. The predicted octanol–water partition coefficient (Wildman–Crippen LogP) is 4.00. The van der Waals surface area contributed by atoms with Gasteiger partial charge in [0.05, 0.1) is 11.4 Å². The first-order valence-electron chi connectivity index (χ1n) is 6.69. The molecule has 1 aromatic rings. The van der Waals surface area contributed by atoms with Crippen molar-refractivity contribution in [3.8, 4) is 5.75 Å². The second-order valence-electron chi connectivity index (χ2n) is 5.57. The summed E-state index contributed by atoms with van der Waals surface area (Å²) < 4.78 is 0.588. The van der Waals surface area contributed by atoms with Gasteiger partial charge >= 0.3 is 0 Å². The number of rotatable bonds is 3. The minimum absolute atomic E-state index is 0.00935. The van der Waals surface area contributed by atoms with Crippen LogP contribution in [0.2, 0.25) is 0 Å². The molecule has 0 spiro atoms. The maximum Gasteiger partial charge on any atom is 0.243 e. The van der Waals surface area contributed by atoms with E-state index in [1.807, 2.05) is 39.8 Å². The molecule has 1 fully saturated rings. The van der Waals surface area contributed by atoms with Crippen LogP contribution in [0.4, 0.5) is 5.69 Å². The Balaban J connectivity index is 2.59. The highest BCUT2D eigenvalue weighted by Crippen LogP contribution is 2.39. The molecule has 1 aromatic carbocycles. The third-order valence-electron chi connectivity index (χ3n) is 3.41. The Hall–Kier alpha value is -1.07. The maximum absolute atomic E-state index is 12.0. The van der Waals surface area contributed by atoms with Gasteiger partial charge in [-0.3, -0.25) is 9.69 Å². The van der Waals surface area contributed by atoms with Gasteiger partial charge in [-0.1, -0.05) is 51.7 Å². The molecule has 3 nitrogen and oxygen atoms in total. The van der Waals surface area contributed by atoms with Crippen LogP contribution in [0, 0.1) is 0 Å². The number of thiocarbonyl (C=S) groups is 1. The van der Waals surface area contributed by atoms with E-state index in [0.29, 0.717) is 15.8 Å². The number of nitrogens with zero attached hydrogens (tertiary/aromatic N) is 1. The van der Waals surface area contributed by atoms with Crippen molar-refractivity contribution in [3.63, 3.8) is 0 Å². The van der Waals surface area contributed by atoms with E-state index in [9.17, 15) is 9.90 Å². The summed E-state index contributed by atoms with van der Waals surface area (Å²) in [6, 6.07) is 3.75. The molecule has 1 amide bonds. The van der Waals surface area contributed by atoms with Crippen molar-refractivity contribution in [1.82, 2.24) is 0 Å². The zero-order chi connectivity index (χ0) is 15.0. The lowest BCUT2D eigenvalue weighted by molar-refractivity contribution is -0.115. The van der Waals surface area contributed by atoms with E-state index in [1.165, 1.54) is 11.8 Å². The third kappa shape index (κ3) is 2.69. The van der Waals surface area contributed by atoms with Gasteiger partial charge in [-0.15, -0.1) is 0 Å². The molecule has 1 heterocycles.